The van der Waals surface area contributed by atoms with Crippen LogP contribution in [0.15, 0.2) is 0 Å². The van der Waals surface area contributed by atoms with Crippen molar-refractivity contribution in [2.24, 2.45) is 0 Å². The number of ether oxygens (including phenoxy) is 3. The first kappa shape index (κ1) is 12.6. The molecule has 1 aliphatic heterocycles. The second-order valence-corrected chi connectivity index (χ2v) is 3.29. The van der Waals surface area contributed by atoms with Crippen LogP contribution in [0.25, 0.3) is 0 Å². The van der Waals surface area contributed by atoms with Gasteiger partial charge in [0.1, 0.15) is 0 Å². The van der Waals surface area contributed by atoms with E-state index in [1.54, 1.807) is 7.11 Å². The van der Waals surface area contributed by atoms with Crippen molar-refractivity contribution in [1.82, 2.24) is 10.0 Å². The summed E-state index contributed by atoms with van der Waals surface area (Å²) < 4.78 is 14.3. The van der Waals surface area contributed by atoms with Crippen molar-refractivity contribution < 1.29 is 23.8 Å². The predicted octanol–water partition coefficient (Wildman–Crippen LogP) is 0.457. The van der Waals surface area contributed by atoms with Gasteiger partial charge in [0.15, 0.2) is 0 Å². The molecule has 0 aromatic heterocycles. The molecule has 1 rings (SSSR count). The molecule has 0 spiro atoms. The van der Waals surface area contributed by atoms with E-state index in [0.717, 1.165) is 0 Å². The van der Waals surface area contributed by atoms with E-state index in [-0.39, 0.29) is 12.6 Å². The molecule has 0 radical (unpaired) electrons. The number of nitrogens with zero attached hydrogens (tertiary/aromatic N) is 2. The molecule has 16 heavy (non-hydrogen) atoms. The average molecular weight is 232 g/mol. The van der Waals surface area contributed by atoms with Crippen molar-refractivity contribution in [3.8, 4) is 0 Å². The van der Waals surface area contributed by atoms with Crippen LogP contribution in [0.3, 0.4) is 0 Å². The van der Waals surface area contributed by atoms with Gasteiger partial charge in [-0.3, -0.25) is 0 Å². The molecule has 92 valence electrons. The van der Waals surface area contributed by atoms with Crippen LogP contribution < -0.4 is 0 Å². The molecule has 0 unspecified atom stereocenters. The quantitative estimate of drug-likeness (QED) is 0.656. The Balaban J connectivity index is 2.75. The van der Waals surface area contributed by atoms with Gasteiger partial charge in [-0.1, -0.05) is 0 Å². The van der Waals surface area contributed by atoms with Gasteiger partial charge < -0.3 is 14.2 Å². The summed E-state index contributed by atoms with van der Waals surface area (Å²) in [5, 5.41) is 2.39. The van der Waals surface area contributed by atoms with Crippen LogP contribution >= 0.6 is 0 Å². The molecule has 7 nitrogen and oxygen atoms in total. The number of hydrazine groups is 1. The van der Waals surface area contributed by atoms with E-state index in [0.29, 0.717) is 13.0 Å². The second kappa shape index (κ2) is 5.55. The number of amides is 2. The standard InChI is InChI=1S/C9H16N2O5/c1-14-7-4-5-10(8(12)15-2)11(6-7)9(13)16-3/h7H,4-6H2,1-3H3/t7-/m1/s1. The lowest BCUT2D eigenvalue weighted by Crippen LogP contribution is -2.57. The molecule has 1 fully saturated rings. The molecule has 7 heteroatoms. The fraction of sp³-hybridized carbons (Fsp3) is 0.778. The third-order valence-corrected chi connectivity index (χ3v) is 2.43. The number of hydrogen-bond acceptors (Lipinski definition) is 5. The third-order valence-electron chi connectivity index (χ3n) is 2.43. The van der Waals surface area contributed by atoms with Gasteiger partial charge in [0.25, 0.3) is 0 Å². The first-order valence-corrected chi connectivity index (χ1v) is 4.87. The number of rotatable bonds is 1. The van der Waals surface area contributed by atoms with Crippen LogP contribution in [0, 0.1) is 0 Å². The summed E-state index contributed by atoms with van der Waals surface area (Å²) in [7, 11) is 4.09. The largest absolute Gasteiger partial charge is 0.452 e. The first-order valence-electron chi connectivity index (χ1n) is 4.87. The molecule has 1 aliphatic rings. The third kappa shape index (κ3) is 2.54. The van der Waals surface area contributed by atoms with Crippen LogP contribution in [0.1, 0.15) is 6.42 Å². The minimum atomic E-state index is -0.604. The van der Waals surface area contributed by atoms with E-state index in [2.05, 4.69) is 9.47 Å². The second-order valence-electron chi connectivity index (χ2n) is 3.29. The Morgan fingerprint density at radius 2 is 1.62 bits per heavy atom. The van der Waals surface area contributed by atoms with Crippen molar-refractivity contribution in [2.45, 2.75) is 12.5 Å². The fourth-order valence-electron chi connectivity index (χ4n) is 1.54. The maximum Gasteiger partial charge on any atom is 0.428 e. The molecule has 0 saturated carbocycles. The van der Waals surface area contributed by atoms with Crippen LogP contribution in [-0.2, 0) is 14.2 Å². The molecule has 0 aromatic carbocycles. The summed E-state index contributed by atoms with van der Waals surface area (Å²) in [6.07, 6.45) is -0.633. The van der Waals surface area contributed by atoms with Crippen molar-refractivity contribution in [3.63, 3.8) is 0 Å². The highest BCUT2D eigenvalue weighted by Crippen LogP contribution is 2.15. The monoisotopic (exact) mass is 232 g/mol. The molecular weight excluding hydrogens is 216 g/mol. The zero-order valence-electron chi connectivity index (χ0n) is 9.63. The van der Waals surface area contributed by atoms with Crippen LogP contribution in [0.2, 0.25) is 0 Å². The van der Waals surface area contributed by atoms with E-state index in [1.165, 1.54) is 24.2 Å². The minimum absolute atomic E-state index is 0.0972. The molecule has 0 aliphatic carbocycles. The molecule has 0 aromatic rings. The number of carbonyl (C=O) groups excluding carboxylic acids is 2. The van der Waals surface area contributed by atoms with Crippen LogP contribution in [0.5, 0.6) is 0 Å². The van der Waals surface area contributed by atoms with Gasteiger partial charge in [0.05, 0.1) is 26.9 Å². The smallest absolute Gasteiger partial charge is 0.428 e. The Morgan fingerprint density at radius 1 is 1.06 bits per heavy atom. The summed E-state index contributed by atoms with van der Waals surface area (Å²) in [6, 6.07) is 0. The number of methoxy groups -OCH3 is 3. The Kier molecular flexibility index (Phi) is 4.36. The molecule has 0 bridgehead atoms. The Morgan fingerprint density at radius 3 is 2.12 bits per heavy atom. The Hall–Kier alpha value is -1.50. The zero-order valence-corrected chi connectivity index (χ0v) is 9.63. The number of carbonyl (C=O) groups is 2. The summed E-state index contributed by atoms with van der Waals surface area (Å²) in [4.78, 5) is 22.9. The van der Waals surface area contributed by atoms with Gasteiger partial charge in [-0.05, 0) is 6.42 Å². The fourth-order valence-corrected chi connectivity index (χ4v) is 1.54. The molecular formula is C9H16N2O5. The molecule has 1 heterocycles. The summed E-state index contributed by atoms with van der Waals surface area (Å²) in [5.41, 5.74) is 0. The van der Waals surface area contributed by atoms with Gasteiger partial charge >= 0.3 is 12.2 Å². The van der Waals surface area contributed by atoms with E-state index < -0.39 is 12.2 Å². The van der Waals surface area contributed by atoms with E-state index in [9.17, 15) is 9.59 Å². The molecule has 1 saturated heterocycles. The van der Waals surface area contributed by atoms with Gasteiger partial charge in [-0.2, -0.15) is 0 Å². The van der Waals surface area contributed by atoms with Crippen molar-refractivity contribution in [1.29, 1.82) is 0 Å². The predicted molar refractivity (Wildman–Crippen MR) is 53.6 cm³/mol. The first-order chi connectivity index (χ1) is 7.63. The SMILES string of the molecule is COC(=O)N1CC[C@@H](OC)CN1C(=O)OC. The van der Waals surface area contributed by atoms with Gasteiger partial charge in [0, 0.05) is 13.7 Å². The van der Waals surface area contributed by atoms with E-state index in [1.807, 2.05) is 0 Å². The molecule has 1 atom stereocenters. The van der Waals surface area contributed by atoms with Crippen LogP contribution in [0.4, 0.5) is 9.59 Å². The summed E-state index contributed by atoms with van der Waals surface area (Å²) in [6.45, 7) is 0.637. The Labute approximate surface area is 93.8 Å². The van der Waals surface area contributed by atoms with Crippen molar-refractivity contribution in [2.75, 3.05) is 34.4 Å². The maximum absolute atomic E-state index is 11.5. The van der Waals surface area contributed by atoms with E-state index in [4.69, 9.17) is 4.74 Å². The van der Waals surface area contributed by atoms with Crippen molar-refractivity contribution >= 4 is 12.2 Å². The summed E-state index contributed by atoms with van der Waals surface area (Å²) in [5.74, 6) is 0. The van der Waals surface area contributed by atoms with Crippen molar-refractivity contribution in [3.05, 3.63) is 0 Å². The summed E-state index contributed by atoms with van der Waals surface area (Å²) >= 11 is 0. The lowest BCUT2D eigenvalue weighted by Gasteiger charge is -2.39. The lowest BCUT2D eigenvalue weighted by atomic mass is 10.2. The minimum Gasteiger partial charge on any atom is -0.452 e. The highest BCUT2D eigenvalue weighted by molar-refractivity contribution is 5.74. The Bertz CT molecular complexity index is 271. The number of hydrogen-bond donors (Lipinski definition) is 0. The van der Waals surface area contributed by atoms with Gasteiger partial charge in [-0.15, -0.1) is 0 Å². The lowest BCUT2D eigenvalue weighted by molar-refractivity contribution is -0.0748. The topological polar surface area (TPSA) is 68.3 Å². The zero-order chi connectivity index (χ0) is 12.1. The van der Waals surface area contributed by atoms with Crippen LogP contribution in [-0.4, -0.2) is 62.7 Å². The highest BCUT2D eigenvalue weighted by Gasteiger charge is 2.34. The van der Waals surface area contributed by atoms with Gasteiger partial charge in [0.2, 0.25) is 0 Å². The van der Waals surface area contributed by atoms with E-state index >= 15 is 0 Å². The average Bonchev–Trinajstić information content (AvgIpc) is 2.36. The maximum atomic E-state index is 11.5. The molecule has 2 amide bonds. The van der Waals surface area contributed by atoms with Gasteiger partial charge in [-0.25, -0.2) is 19.6 Å². The normalized spacial score (nSPS) is 20.6. The molecule has 0 N–H and O–H groups in total. The highest BCUT2D eigenvalue weighted by atomic mass is 16.6.